The van der Waals surface area contributed by atoms with Gasteiger partial charge in [0.25, 0.3) is 0 Å². The molecule has 0 saturated heterocycles. The minimum absolute atomic E-state index is 0.0840. The summed E-state index contributed by atoms with van der Waals surface area (Å²) in [5, 5.41) is 3.01. The highest BCUT2D eigenvalue weighted by molar-refractivity contribution is 5.93. The van der Waals surface area contributed by atoms with Crippen molar-refractivity contribution < 1.29 is 9.18 Å². The molecule has 3 aromatic rings. The van der Waals surface area contributed by atoms with Crippen molar-refractivity contribution in [3.05, 3.63) is 101 Å². The number of carbonyl (C=O) groups is 1. The molecule has 4 heteroatoms. The number of nitrogens with zero attached hydrogens (tertiary/aromatic N) is 1. The first-order chi connectivity index (χ1) is 13.4. The van der Waals surface area contributed by atoms with Crippen LogP contribution in [0.5, 0.6) is 0 Å². The molecule has 0 radical (unpaired) electrons. The fourth-order valence-corrected chi connectivity index (χ4v) is 3.36. The summed E-state index contributed by atoms with van der Waals surface area (Å²) in [5.41, 5.74) is 4.95. The molecule has 28 heavy (non-hydrogen) atoms. The summed E-state index contributed by atoms with van der Waals surface area (Å²) in [6.07, 6.45) is 0. The number of benzene rings is 3. The Labute approximate surface area is 165 Å². The number of amides is 1. The quantitative estimate of drug-likeness (QED) is 0.649. The molecule has 1 atom stereocenters. The first-order valence-corrected chi connectivity index (χ1v) is 9.32. The highest BCUT2D eigenvalue weighted by Gasteiger charge is 2.21. The van der Waals surface area contributed by atoms with E-state index in [1.807, 2.05) is 74.3 Å². The van der Waals surface area contributed by atoms with E-state index < -0.39 is 0 Å². The van der Waals surface area contributed by atoms with Crippen LogP contribution in [0.15, 0.2) is 72.8 Å². The van der Waals surface area contributed by atoms with Crippen molar-refractivity contribution in [3.63, 3.8) is 0 Å². The second kappa shape index (κ2) is 8.81. The van der Waals surface area contributed by atoms with Crippen LogP contribution in [-0.4, -0.2) is 24.4 Å². The molecule has 0 aliphatic heterocycles. The Kier molecular flexibility index (Phi) is 6.22. The number of anilines is 1. The molecule has 1 amide bonds. The van der Waals surface area contributed by atoms with E-state index in [0.29, 0.717) is 0 Å². The Morgan fingerprint density at radius 2 is 1.61 bits per heavy atom. The molecule has 1 unspecified atom stereocenters. The fourth-order valence-electron chi connectivity index (χ4n) is 3.36. The maximum absolute atomic E-state index is 13.4. The summed E-state index contributed by atoms with van der Waals surface area (Å²) < 4.78 is 13.4. The first kappa shape index (κ1) is 19.8. The van der Waals surface area contributed by atoms with Crippen LogP contribution >= 0.6 is 0 Å². The molecule has 3 nitrogen and oxygen atoms in total. The number of likely N-dealkylation sites (N-methyl/N-ethyl adjacent to an activating group) is 1. The molecule has 0 spiro atoms. The normalized spacial score (nSPS) is 12.0. The molecule has 144 valence electrons. The van der Waals surface area contributed by atoms with Crippen LogP contribution in [-0.2, 0) is 4.79 Å². The molecule has 0 aromatic heterocycles. The minimum atomic E-state index is -0.272. The zero-order valence-electron chi connectivity index (χ0n) is 16.4. The van der Waals surface area contributed by atoms with Gasteiger partial charge in [-0.25, -0.2) is 4.39 Å². The molecule has 0 saturated carbocycles. The highest BCUT2D eigenvalue weighted by atomic mass is 19.1. The molecule has 0 aliphatic rings. The van der Waals surface area contributed by atoms with Crippen molar-refractivity contribution in [2.24, 2.45) is 0 Å². The maximum Gasteiger partial charge on any atom is 0.238 e. The van der Waals surface area contributed by atoms with E-state index in [1.54, 1.807) is 12.1 Å². The molecule has 0 bridgehead atoms. The van der Waals surface area contributed by atoms with Crippen LogP contribution in [0.25, 0.3) is 0 Å². The highest BCUT2D eigenvalue weighted by Crippen LogP contribution is 2.27. The van der Waals surface area contributed by atoms with E-state index in [-0.39, 0.29) is 24.3 Å². The third kappa shape index (κ3) is 4.84. The summed E-state index contributed by atoms with van der Waals surface area (Å²) in [5.74, 6) is -0.356. The standard InChI is InChI=1S/C24H25FN2O/c1-17-9-10-18(2)22(15-17)26-23(28)16-27(3)24(19-7-5-4-6-8-19)20-11-13-21(25)14-12-20/h4-15,24H,16H2,1-3H3,(H,26,28). The molecular weight excluding hydrogens is 351 g/mol. The second-order valence-corrected chi connectivity index (χ2v) is 7.15. The second-order valence-electron chi connectivity index (χ2n) is 7.15. The van der Waals surface area contributed by atoms with Gasteiger partial charge < -0.3 is 5.32 Å². The van der Waals surface area contributed by atoms with E-state index in [0.717, 1.165) is 27.9 Å². The van der Waals surface area contributed by atoms with Crippen molar-refractivity contribution in [1.29, 1.82) is 0 Å². The lowest BCUT2D eigenvalue weighted by Gasteiger charge is -2.28. The lowest BCUT2D eigenvalue weighted by atomic mass is 9.97. The van der Waals surface area contributed by atoms with Crippen LogP contribution in [0, 0.1) is 19.7 Å². The van der Waals surface area contributed by atoms with Gasteiger partial charge in [0.05, 0.1) is 12.6 Å². The van der Waals surface area contributed by atoms with Gasteiger partial charge in [-0.1, -0.05) is 54.6 Å². The van der Waals surface area contributed by atoms with Crippen molar-refractivity contribution in [3.8, 4) is 0 Å². The average Bonchev–Trinajstić information content (AvgIpc) is 2.67. The van der Waals surface area contributed by atoms with E-state index >= 15 is 0 Å². The SMILES string of the molecule is Cc1ccc(C)c(NC(=O)CN(C)C(c2ccccc2)c2ccc(F)cc2)c1. The van der Waals surface area contributed by atoms with Gasteiger partial charge in [-0.05, 0) is 61.3 Å². The van der Waals surface area contributed by atoms with E-state index in [4.69, 9.17) is 0 Å². The van der Waals surface area contributed by atoms with Crippen LogP contribution in [0.2, 0.25) is 0 Å². The summed E-state index contributed by atoms with van der Waals surface area (Å²) in [6, 6.07) is 22.2. The number of hydrogen-bond donors (Lipinski definition) is 1. The van der Waals surface area contributed by atoms with Crippen molar-refractivity contribution in [2.45, 2.75) is 19.9 Å². The Hall–Kier alpha value is -2.98. The Morgan fingerprint density at radius 1 is 0.964 bits per heavy atom. The first-order valence-electron chi connectivity index (χ1n) is 9.32. The third-order valence-corrected chi connectivity index (χ3v) is 4.80. The molecule has 3 aromatic carbocycles. The van der Waals surface area contributed by atoms with Crippen LogP contribution in [0.3, 0.4) is 0 Å². The number of nitrogens with one attached hydrogen (secondary N) is 1. The monoisotopic (exact) mass is 376 g/mol. The number of aryl methyl sites for hydroxylation is 2. The van der Waals surface area contributed by atoms with Gasteiger partial charge in [-0.3, -0.25) is 9.69 Å². The summed E-state index contributed by atoms with van der Waals surface area (Å²) >= 11 is 0. The Bertz CT molecular complexity index is 939. The van der Waals surface area contributed by atoms with E-state index in [1.165, 1.54) is 12.1 Å². The number of halogens is 1. The van der Waals surface area contributed by atoms with Gasteiger partial charge in [-0.2, -0.15) is 0 Å². The zero-order valence-corrected chi connectivity index (χ0v) is 16.4. The van der Waals surface area contributed by atoms with Gasteiger partial charge in [0, 0.05) is 5.69 Å². The Balaban J connectivity index is 1.81. The minimum Gasteiger partial charge on any atom is -0.325 e. The topological polar surface area (TPSA) is 32.3 Å². The molecule has 3 rings (SSSR count). The van der Waals surface area contributed by atoms with E-state index in [9.17, 15) is 9.18 Å². The summed E-state index contributed by atoms with van der Waals surface area (Å²) in [4.78, 5) is 14.7. The predicted octanol–water partition coefficient (Wildman–Crippen LogP) is 5.10. The third-order valence-electron chi connectivity index (χ3n) is 4.80. The van der Waals surface area contributed by atoms with Crippen LogP contribution in [0.1, 0.15) is 28.3 Å². The fraction of sp³-hybridized carbons (Fsp3) is 0.208. The lowest BCUT2D eigenvalue weighted by Crippen LogP contribution is -2.34. The Morgan fingerprint density at radius 3 is 2.29 bits per heavy atom. The maximum atomic E-state index is 13.4. The molecule has 0 heterocycles. The van der Waals surface area contributed by atoms with Gasteiger partial charge in [-0.15, -0.1) is 0 Å². The van der Waals surface area contributed by atoms with Gasteiger partial charge in [0.2, 0.25) is 5.91 Å². The van der Waals surface area contributed by atoms with Crippen LogP contribution < -0.4 is 5.32 Å². The van der Waals surface area contributed by atoms with Crippen molar-refractivity contribution in [1.82, 2.24) is 4.90 Å². The van der Waals surface area contributed by atoms with Crippen LogP contribution in [0.4, 0.5) is 10.1 Å². The van der Waals surface area contributed by atoms with Gasteiger partial charge in [0.1, 0.15) is 5.82 Å². The van der Waals surface area contributed by atoms with Gasteiger partial charge >= 0.3 is 0 Å². The summed E-state index contributed by atoms with van der Waals surface area (Å²) in [7, 11) is 1.91. The number of rotatable bonds is 6. The van der Waals surface area contributed by atoms with Crippen molar-refractivity contribution in [2.75, 3.05) is 18.9 Å². The molecule has 1 N–H and O–H groups in total. The molecule has 0 fully saturated rings. The lowest BCUT2D eigenvalue weighted by molar-refractivity contribution is -0.117. The average molecular weight is 376 g/mol. The number of carbonyl (C=O) groups excluding carboxylic acids is 1. The predicted molar refractivity (Wildman–Crippen MR) is 112 cm³/mol. The largest absolute Gasteiger partial charge is 0.325 e. The smallest absolute Gasteiger partial charge is 0.238 e. The zero-order chi connectivity index (χ0) is 20.1. The van der Waals surface area contributed by atoms with E-state index in [2.05, 4.69) is 5.32 Å². The van der Waals surface area contributed by atoms with Gasteiger partial charge in [0.15, 0.2) is 0 Å². The number of hydrogen-bond acceptors (Lipinski definition) is 2. The molecule has 0 aliphatic carbocycles. The summed E-state index contributed by atoms with van der Waals surface area (Å²) in [6.45, 7) is 4.19. The molecular formula is C24H25FN2O. The van der Waals surface area contributed by atoms with Crippen molar-refractivity contribution >= 4 is 11.6 Å².